The number of rotatable bonds is 6. The lowest BCUT2D eigenvalue weighted by atomic mass is 10.2. The molecule has 18 heavy (non-hydrogen) atoms. The number of halogens is 2. The van der Waals surface area contributed by atoms with Gasteiger partial charge in [-0.25, -0.2) is 8.78 Å². The van der Waals surface area contributed by atoms with Crippen LogP contribution in [0.15, 0.2) is 12.1 Å². The molecule has 0 spiro atoms. The standard InChI is InChI=1S/C11H13F2NO4/c1-18-10-4-7(12)9(3-8(10)13)14-5-6(15)2-11(16)17/h3-4,6,14-15H,2,5H2,1H3,(H,16,17). The van der Waals surface area contributed by atoms with Crippen molar-refractivity contribution in [1.29, 1.82) is 0 Å². The molecule has 0 fully saturated rings. The molecule has 100 valence electrons. The fourth-order valence-electron chi connectivity index (χ4n) is 1.32. The van der Waals surface area contributed by atoms with Crippen molar-refractivity contribution in [3.8, 4) is 5.75 Å². The van der Waals surface area contributed by atoms with Crippen molar-refractivity contribution in [3.63, 3.8) is 0 Å². The highest BCUT2D eigenvalue weighted by molar-refractivity contribution is 5.67. The van der Waals surface area contributed by atoms with Gasteiger partial charge in [0.15, 0.2) is 11.6 Å². The number of nitrogens with one attached hydrogen (secondary N) is 1. The molecule has 1 aromatic rings. The molecule has 0 bridgehead atoms. The molecule has 0 aliphatic carbocycles. The van der Waals surface area contributed by atoms with E-state index in [1.807, 2.05) is 0 Å². The number of aliphatic hydroxyl groups is 1. The van der Waals surface area contributed by atoms with Gasteiger partial charge in [-0.15, -0.1) is 0 Å². The van der Waals surface area contributed by atoms with E-state index in [2.05, 4.69) is 10.1 Å². The van der Waals surface area contributed by atoms with E-state index in [1.165, 1.54) is 7.11 Å². The molecule has 1 aromatic carbocycles. The number of ether oxygens (including phenoxy) is 1. The molecule has 0 radical (unpaired) electrons. The number of carbonyl (C=O) groups is 1. The van der Waals surface area contributed by atoms with E-state index in [4.69, 9.17) is 5.11 Å². The number of methoxy groups -OCH3 is 1. The smallest absolute Gasteiger partial charge is 0.306 e. The van der Waals surface area contributed by atoms with Gasteiger partial charge in [0, 0.05) is 18.7 Å². The van der Waals surface area contributed by atoms with Gasteiger partial charge in [-0.3, -0.25) is 4.79 Å². The third-order valence-corrected chi connectivity index (χ3v) is 2.18. The van der Waals surface area contributed by atoms with Gasteiger partial charge in [-0.1, -0.05) is 0 Å². The van der Waals surface area contributed by atoms with Gasteiger partial charge in [-0.05, 0) is 0 Å². The van der Waals surface area contributed by atoms with E-state index in [-0.39, 0.29) is 18.0 Å². The third kappa shape index (κ3) is 3.85. The normalized spacial score (nSPS) is 12.0. The molecular formula is C11H13F2NO4. The molecule has 0 aromatic heterocycles. The van der Waals surface area contributed by atoms with Gasteiger partial charge < -0.3 is 20.3 Å². The molecule has 0 amide bonds. The fraction of sp³-hybridized carbons (Fsp3) is 0.364. The highest BCUT2D eigenvalue weighted by atomic mass is 19.1. The molecule has 0 aliphatic heterocycles. The van der Waals surface area contributed by atoms with Crippen molar-refractivity contribution in [2.45, 2.75) is 12.5 Å². The lowest BCUT2D eigenvalue weighted by Crippen LogP contribution is -2.23. The minimum absolute atomic E-state index is 0.169. The van der Waals surface area contributed by atoms with Gasteiger partial charge in [-0.2, -0.15) is 0 Å². The quantitative estimate of drug-likeness (QED) is 0.717. The Morgan fingerprint density at radius 2 is 2.11 bits per heavy atom. The second kappa shape index (κ2) is 6.15. The van der Waals surface area contributed by atoms with Crippen molar-refractivity contribution in [1.82, 2.24) is 0 Å². The number of aliphatic carboxylic acids is 1. The number of hydrogen-bond donors (Lipinski definition) is 3. The largest absolute Gasteiger partial charge is 0.494 e. The summed E-state index contributed by atoms with van der Waals surface area (Å²) in [4.78, 5) is 10.3. The molecule has 5 nitrogen and oxygen atoms in total. The fourth-order valence-corrected chi connectivity index (χ4v) is 1.32. The van der Waals surface area contributed by atoms with Crippen molar-refractivity contribution >= 4 is 11.7 Å². The van der Waals surface area contributed by atoms with Crippen LogP contribution >= 0.6 is 0 Å². The van der Waals surface area contributed by atoms with Crippen LogP contribution < -0.4 is 10.1 Å². The zero-order chi connectivity index (χ0) is 13.7. The summed E-state index contributed by atoms with van der Waals surface area (Å²) in [7, 11) is 1.21. The maximum absolute atomic E-state index is 13.4. The number of carboxylic acid groups (broad SMARTS) is 1. The third-order valence-electron chi connectivity index (χ3n) is 2.18. The molecule has 1 unspecified atom stereocenters. The summed E-state index contributed by atoms with van der Waals surface area (Å²) in [5, 5.41) is 20.1. The van der Waals surface area contributed by atoms with Crippen molar-refractivity contribution in [3.05, 3.63) is 23.8 Å². The Balaban J connectivity index is 2.68. The highest BCUT2D eigenvalue weighted by Crippen LogP contribution is 2.24. The van der Waals surface area contributed by atoms with Gasteiger partial charge in [0.2, 0.25) is 0 Å². The maximum Gasteiger partial charge on any atom is 0.306 e. The van der Waals surface area contributed by atoms with E-state index >= 15 is 0 Å². The first kappa shape index (κ1) is 14.2. The molecule has 7 heteroatoms. The number of hydrogen-bond acceptors (Lipinski definition) is 4. The summed E-state index contributed by atoms with van der Waals surface area (Å²) in [5.41, 5.74) is -0.169. The van der Waals surface area contributed by atoms with Crippen LogP contribution in [0, 0.1) is 11.6 Å². The van der Waals surface area contributed by atoms with E-state index in [0.717, 1.165) is 12.1 Å². The van der Waals surface area contributed by atoms with Crippen molar-refractivity contribution in [2.24, 2.45) is 0 Å². The van der Waals surface area contributed by atoms with E-state index in [0.29, 0.717) is 0 Å². The summed E-state index contributed by atoms with van der Waals surface area (Å²) >= 11 is 0. The van der Waals surface area contributed by atoms with Crippen LogP contribution in [0.4, 0.5) is 14.5 Å². The van der Waals surface area contributed by atoms with E-state index in [1.54, 1.807) is 0 Å². The lowest BCUT2D eigenvalue weighted by molar-refractivity contribution is -0.138. The molecule has 0 aliphatic rings. The van der Waals surface area contributed by atoms with E-state index in [9.17, 15) is 18.7 Å². The number of carboxylic acids is 1. The maximum atomic E-state index is 13.4. The Bertz CT molecular complexity index is 439. The van der Waals surface area contributed by atoms with Crippen LogP contribution in [0.2, 0.25) is 0 Å². The molecule has 0 saturated heterocycles. The summed E-state index contributed by atoms with van der Waals surface area (Å²) in [5.74, 6) is -2.92. The average molecular weight is 261 g/mol. The van der Waals surface area contributed by atoms with Gasteiger partial charge in [0.25, 0.3) is 0 Å². The zero-order valence-corrected chi connectivity index (χ0v) is 9.61. The number of aliphatic hydroxyl groups excluding tert-OH is 1. The van der Waals surface area contributed by atoms with Crippen LogP contribution in [-0.2, 0) is 4.79 Å². The average Bonchev–Trinajstić information content (AvgIpc) is 2.28. The Morgan fingerprint density at radius 3 is 2.67 bits per heavy atom. The van der Waals surface area contributed by atoms with Crippen LogP contribution in [0.25, 0.3) is 0 Å². The Morgan fingerprint density at radius 1 is 1.44 bits per heavy atom. The predicted molar refractivity (Wildman–Crippen MR) is 59.7 cm³/mol. The highest BCUT2D eigenvalue weighted by Gasteiger charge is 2.13. The first-order valence-corrected chi connectivity index (χ1v) is 5.10. The minimum Gasteiger partial charge on any atom is -0.494 e. The molecule has 1 atom stereocenters. The van der Waals surface area contributed by atoms with Gasteiger partial charge >= 0.3 is 5.97 Å². The molecular weight excluding hydrogens is 248 g/mol. The summed E-state index contributed by atoms with van der Waals surface area (Å²) in [6.07, 6.45) is -1.67. The second-order valence-corrected chi connectivity index (χ2v) is 3.60. The van der Waals surface area contributed by atoms with Crippen LogP contribution in [0.3, 0.4) is 0 Å². The van der Waals surface area contributed by atoms with Crippen LogP contribution in [0.5, 0.6) is 5.75 Å². The monoisotopic (exact) mass is 261 g/mol. The summed E-state index contributed by atoms with van der Waals surface area (Å²) in [6, 6.07) is 1.74. The molecule has 0 heterocycles. The van der Waals surface area contributed by atoms with Crippen molar-refractivity contribution in [2.75, 3.05) is 19.0 Å². The van der Waals surface area contributed by atoms with Crippen LogP contribution in [0.1, 0.15) is 6.42 Å². The molecule has 1 rings (SSSR count). The SMILES string of the molecule is COc1cc(F)c(NCC(O)CC(=O)O)cc1F. The number of benzene rings is 1. The molecule has 3 N–H and O–H groups in total. The topological polar surface area (TPSA) is 78.8 Å². The first-order valence-electron chi connectivity index (χ1n) is 5.10. The minimum atomic E-state index is -1.19. The van der Waals surface area contributed by atoms with E-state index < -0.39 is 30.1 Å². The number of anilines is 1. The summed E-state index contributed by atoms with van der Waals surface area (Å²) in [6.45, 7) is -0.199. The predicted octanol–water partition coefficient (Wildman–Crippen LogP) is 1.22. The Kier molecular flexibility index (Phi) is 4.85. The Hall–Kier alpha value is -1.89. The van der Waals surface area contributed by atoms with Crippen molar-refractivity contribution < 1.29 is 28.5 Å². The molecule has 0 saturated carbocycles. The summed E-state index contributed by atoms with van der Waals surface area (Å²) < 4.78 is 31.3. The van der Waals surface area contributed by atoms with Gasteiger partial charge in [0.05, 0.1) is 25.3 Å². The second-order valence-electron chi connectivity index (χ2n) is 3.60. The first-order chi connectivity index (χ1) is 8.43. The lowest BCUT2D eigenvalue weighted by Gasteiger charge is -2.12. The van der Waals surface area contributed by atoms with Crippen LogP contribution in [-0.4, -0.2) is 35.9 Å². The Labute approximate surface area is 102 Å². The zero-order valence-electron chi connectivity index (χ0n) is 9.61. The van der Waals surface area contributed by atoms with Gasteiger partial charge in [0.1, 0.15) is 5.82 Å².